The highest BCUT2D eigenvalue weighted by Gasteiger charge is 2.06. The van der Waals surface area contributed by atoms with Crippen molar-refractivity contribution in [2.24, 2.45) is 0 Å². The van der Waals surface area contributed by atoms with Crippen LogP contribution in [0.1, 0.15) is 13.8 Å². The summed E-state index contributed by atoms with van der Waals surface area (Å²) in [5, 5.41) is 9.61. The molecule has 0 atom stereocenters. The predicted octanol–water partition coefficient (Wildman–Crippen LogP) is 3.92. The summed E-state index contributed by atoms with van der Waals surface area (Å²) >= 11 is 5.98. The Bertz CT molecular complexity index is 745. The topological polar surface area (TPSA) is 34.0 Å². The van der Waals surface area contributed by atoms with Gasteiger partial charge in [0.15, 0.2) is 0 Å². The number of benzene rings is 2. The molecule has 21 heavy (non-hydrogen) atoms. The standard InChI is InChI=1S/C16H17ClN4/c1-3-20(4-2)13-6-8-14(9-7-13)21-18-15-10-5-12(17)11-16(15)19-21/h5-11H,3-4H2,1-2H3. The molecule has 0 fully saturated rings. The lowest BCUT2D eigenvalue weighted by Gasteiger charge is -2.20. The summed E-state index contributed by atoms with van der Waals surface area (Å²) < 4.78 is 0. The van der Waals surface area contributed by atoms with Gasteiger partial charge in [-0.3, -0.25) is 0 Å². The van der Waals surface area contributed by atoms with E-state index in [4.69, 9.17) is 11.6 Å². The van der Waals surface area contributed by atoms with E-state index in [0.29, 0.717) is 5.02 Å². The summed E-state index contributed by atoms with van der Waals surface area (Å²) in [5.74, 6) is 0. The molecule has 0 amide bonds. The summed E-state index contributed by atoms with van der Waals surface area (Å²) in [7, 11) is 0. The quantitative estimate of drug-likeness (QED) is 0.732. The minimum atomic E-state index is 0.673. The second-order valence-electron chi connectivity index (χ2n) is 4.81. The third-order valence-electron chi connectivity index (χ3n) is 3.55. The average molecular weight is 301 g/mol. The Morgan fingerprint density at radius 2 is 1.62 bits per heavy atom. The van der Waals surface area contributed by atoms with E-state index in [2.05, 4.69) is 41.1 Å². The number of rotatable bonds is 4. The smallest absolute Gasteiger partial charge is 0.115 e. The van der Waals surface area contributed by atoms with Crippen LogP contribution in [0, 0.1) is 0 Å². The number of aromatic nitrogens is 3. The fraction of sp³-hybridized carbons (Fsp3) is 0.250. The van der Waals surface area contributed by atoms with Crippen LogP contribution in [-0.4, -0.2) is 28.1 Å². The summed E-state index contributed by atoms with van der Waals surface area (Å²) in [5.41, 5.74) is 3.80. The lowest BCUT2D eigenvalue weighted by molar-refractivity contribution is 0.765. The van der Waals surface area contributed by atoms with Crippen molar-refractivity contribution in [1.29, 1.82) is 0 Å². The largest absolute Gasteiger partial charge is 0.372 e. The predicted molar refractivity (Wildman–Crippen MR) is 87.4 cm³/mol. The molecule has 1 aromatic heterocycles. The Labute approximate surface area is 128 Å². The van der Waals surface area contributed by atoms with Gasteiger partial charge >= 0.3 is 0 Å². The van der Waals surface area contributed by atoms with Crippen molar-refractivity contribution in [1.82, 2.24) is 15.0 Å². The van der Waals surface area contributed by atoms with Gasteiger partial charge in [-0.25, -0.2) is 0 Å². The highest BCUT2D eigenvalue weighted by molar-refractivity contribution is 6.31. The number of fused-ring (bicyclic) bond motifs is 1. The first-order valence-electron chi connectivity index (χ1n) is 7.09. The maximum absolute atomic E-state index is 5.98. The second-order valence-corrected chi connectivity index (χ2v) is 5.25. The average Bonchev–Trinajstić information content (AvgIpc) is 2.92. The van der Waals surface area contributed by atoms with Crippen LogP contribution in [0.3, 0.4) is 0 Å². The number of hydrogen-bond acceptors (Lipinski definition) is 3. The van der Waals surface area contributed by atoms with Gasteiger partial charge in [-0.1, -0.05) is 11.6 Å². The molecule has 2 aromatic carbocycles. The van der Waals surface area contributed by atoms with Gasteiger partial charge in [0, 0.05) is 23.8 Å². The monoisotopic (exact) mass is 300 g/mol. The zero-order chi connectivity index (χ0) is 14.8. The van der Waals surface area contributed by atoms with Crippen molar-refractivity contribution in [3.8, 4) is 5.69 Å². The third-order valence-corrected chi connectivity index (χ3v) is 3.79. The molecule has 108 valence electrons. The van der Waals surface area contributed by atoms with Crippen LogP contribution in [0.2, 0.25) is 5.02 Å². The van der Waals surface area contributed by atoms with Gasteiger partial charge in [0.2, 0.25) is 0 Å². The molecule has 0 spiro atoms. The van der Waals surface area contributed by atoms with Gasteiger partial charge in [-0.05, 0) is 56.3 Å². The molecule has 0 aliphatic rings. The molecule has 0 aliphatic heterocycles. The van der Waals surface area contributed by atoms with E-state index in [1.807, 2.05) is 30.3 Å². The van der Waals surface area contributed by atoms with E-state index in [1.54, 1.807) is 4.80 Å². The fourth-order valence-electron chi connectivity index (χ4n) is 2.39. The molecule has 5 heteroatoms. The van der Waals surface area contributed by atoms with Gasteiger partial charge in [0.05, 0.1) is 5.69 Å². The summed E-state index contributed by atoms with van der Waals surface area (Å²) in [6.07, 6.45) is 0. The van der Waals surface area contributed by atoms with E-state index < -0.39 is 0 Å². The number of nitrogens with zero attached hydrogens (tertiary/aromatic N) is 4. The highest BCUT2D eigenvalue weighted by Crippen LogP contribution is 2.19. The van der Waals surface area contributed by atoms with E-state index in [1.165, 1.54) is 5.69 Å². The maximum Gasteiger partial charge on any atom is 0.115 e. The third kappa shape index (κ3) is 2.72. The molecule has 3 rings (SSSR count). The van der Waals surface area contributed by atoms with Gasteiger partial charge in [-0.2, -0.15) is 4.80 Å². The van der Waals surface area contributed by atoms with Crippen molar-refractivity contribution in [2.75, 3.05) is 18.0 Å². The number of hydrogen-bond donors (Lipinski definition) is 0. The SMILES string of the molecule is CCN(CC)c1ccc(-n2nc3ccc(Cl)cc3n2)cc1. The van der Waals surface area contributed by atoms with Crippen molar-refractivity contribution < 1.29 is 0 Å². The maximum atomic E-state index is 5.98. The van der Waals surface area contributed by atoms with Crippen molar-refractivity contribution in [2.45, 2.75) is 13.8 Å². The summed E-state index contributed by atoms with van der Waals surface area (Å²) in [6, 6.07) is 13.8. The molecule has 4 nitrogen and oxygen atoms in total. The van der Waals surface area contributed by atoms with Crippen molar-refractivity contribution in [3.05, 3.63) is 47.5 Å². The normalized spacial score (nSPS) is 11.0. The molecular weight excluding hydrogens is 284 g/mol. The Kier molecular flexibility index (Phi) is 3.80. The van der Waals surface area contributed by atoms with Gasteiger partial charge in [0.25, 0.3) is 0 Å². The van der Waals surface area contributed by atoms with Crippen LogP contribution in [-0.2, 0) is 0 Å². The van der Waals surface area contributed by atoms with Crippen LogP contribution in [0.15, 0.2) is 42.5 Å². The van der Waals surface area contributed by atoms with Crippen LogP contribution < -0.4 is 4.90 Å². The first-order chi connectivity index (χ1) is 10.2. The minimum absolute atomic E-state index is 0.673. The second kappa shape index (κ2) is 5.74. The van der Waals surface area contributed by atoms with E-state index >= 15 is 0 Å². The Morgan fingerprint density at radius 3 is 2.29 bits per heavy atom. The molecule has 0 aliphatic carbocycles. The summed E-state index contributed by atoms with van der Waals surface area (Å²) in [4.78, 5) is 3.95. The Balaban J connectivity index is 1.95. The molecule has 0 radical (unpaired) electrons. The number of anilines is 1. The Morgan fingerprint density at radius 1 is 0.952 bits per heavy atom. The van der Waals surface area contributed by atoms with E-state index in [9.17, 15) is 0 Å². The highest BCUT2D eigenvalue weighted by atomic mass is 35.5. The van der Waals surface area contributed by atoms with E-state index in [0.717, 1.165) is 29.8 Å². The molecule has 1 heterocycles. The lowest BCUT2D eigenvalue weighted by Crippen LogP contribution is -2.21. The fourth-order valence-corrected chi connectivity index (χ4v) is 2.56. The molecule has 0 bridgehead atoms. The zero-order valence-corrected chi connectivity index (χ0v) is 12.9. The van der Waals surface area contributed by atoms with Gasteiger partial charge in [-0.15, -0.1) is 10.2 Å². The lowest BCUT2D eigenvalue weighted by atomic mass is 10.2. The zero-order valence-electron chi connectivity index (χ0n) is 12.1. The molecule has 3 aromatic rings. The van der Waals surface area contributed by atoms with Crippen LogP contribution in [0.5, 0.6) is 0 Å². The first kappa shape index (κ1) is 13.9. The van der Waals surface area contributed by atoms with E-state index in [-0.39, 0.29) is 0 Å². The number of halogens is 1. The molecule has 0 saturated carbocycles. The van der Waals surface area contributed by atoms with Crippen LogP contribution in [0.4, 0.5) is 5.69 Å². The minimum Gasteiger partial charge on any atom is -0.372 e. The first-order valence-corrected chi connectivity index (χ1v) is 7.47. The van der Waals surface area contributed by atoms with Gasteiger partial charge < -0.3 is 4.90 Å². The van der Waals surface area contributed by atoms with Crippen LogP contribution in [0.25, 0.3) is 16.7 Å². The molecule has 0 saturated heterocycles. The summed E-state index contributed by atoms with van der Waals surface area (Å²) in [6.45, 7) is 6.31. The molecule has 0 N–H and O–H groups in total. The van der Waals surface area contributed by atoms with Crippen molar-refractivity contribution >= 4 is 28.3 Å². The van der Waals surface area contributed by atoms with Crippen molar-refractivity contribution in [3.63, 3.8) is 0 Å². The Hall–Kier alpha value is -2.07. The molecule has 0 unspecified atom stereocenters. The molecular formula is C16H17ClN4. The van der Waals surface area contributed by atoms with Crippen LogP contribution >= 0.6 is 11.6 Å². The van der Waals surface area contributed by atoms with Gasteiger partial charge in [0.1, 0.15) is 11.0 Å².